The lowest BCUT2D eigenvalue weighted by Gasteiger charge is -2.27. The number of alkyl halides is 3. The van der Waals surface area contributed by atoms with Crippen molar-refractivity contribution in [3.05, 3.63) is 92.8 Å². The summed E-state index contributed by atoms with van der Waals surface area (Å²) in [6.07, 6.45) is 2.12. The molecule has 0 aliphatic carbocycles. The van der Waals surface area contributed by atoms with E-state index in [9.17, 15) is 22.8 Å². The van der Waals surface area contributed by atoms with Gasteiger partial charge in [0.2, 0.25) is 11.2 Å². The highest BCUT2D eigenvalue weighted by atomic mass is 19.4. The summed E-state index contributed by atoms with van der Waals surface area (Å²) in [4.78, 5) is 29.0. The van der Waals surface area contributed by atoms with Gasteiger partial charge in [-0.1, -0.05) is 38.7 Å². The molecule has 0 bridgehead atoms. The molecule has 0 atom stereocenters. The third-order valence-electron chi connectivity index (χ3n) is 8.42. The minimum absolute atomic E-state index is 0.0171. The Morgan fingerprint density at radius 2 is 1.62 bits per heavy atom. The topological polar surface area (TPSA) is 78.2 Å². The molecule has 1 aliphatic heterocycles. The van der Waals surface area contributed by atoms with Gasteiger partial charge >= 0.3 is 12.1 Å². The van der Waals surface area contributed by atoms with Crippen molar-refractivity contribution in [3.63, 3.8) is 0 Å². The smallest absolute Gasteiger partial charge is 0.453 e. The number of hydrogen-bond donors (Lipinski definition) is 0. The number of carbonyl (C=O) groups is 1. The van der Waals surface area contributed by atoms with E-state index in [1.165, 1.54) is 18.2 Å². The fourth-order valence-corrected chi connectivity index (χ4v) is 5.60. The van der Waals surface area contributed by atoms with Crippen LogP contribution in [-0.2, 0) is 12.7 Å². The zero-order valence-electron chi connectivity index (χ0n) is 27.0. The first-order chi connectivity index (χ1) is 22.5. The van der Waals surface area contributed by atoms with Crippen LogP contribution in [-0.4, -0.2) is 30.6 Å². The van der Waals surface area contributed by atoms with Crippen LogP contribution in [0, 0.1) is 13.8 Å². The molecule has 1 fully saturated rings. The van der Waals surface area contributed by atoms with Gasteiger partial charge in [-0.3, -0.25) is 9.69 Å². The van der Waals surface area contributed by atoms with E-state index in [-0.39, 0.29) is 40.1 Å². The number of carbonyl (C=O) groups excluding carboxylic acids is 1. The monoisotopic (exact) mass is 651 g/mol. The van der Waals surface area contributed by atoms with Crippen LogP contribution in [0.5, 0.6) is 23.0 Å². The van der Waals surface area contributed by atoms with E-state index in [1.807, 2.05) is 6.92 Å². The number of fused-ring (bicyclic) bond motifs is 1. The summed E-state index contributed by atoms with van der Waals surface area (Å²) in [6, 6.07) is 14.0. The van der Waals surface area contributed by atoms with E-state index in [0.29, 0.717) is 25.4 Å². The lowest BCUT2D eigenvalue weighted by atomic mass is 10.1. The van der Waals surface area contributed by atoms with Crippen LogP contribution in [0.2, 0.25) is 0 Å². The largest absolute Gasteiger partial charge is 0.494 e. The molecule has 0 N–H and O–H groups in total. The second-order valence-electron chi connectivity index (χ2n) is 12.0. The lowest BCUT2D eigenvalue weighted by molar-refractivity contribution is -0.154. The van der Waals surface area contributed by atoms with Crippen molar-refractivity contribution in [2.24, 2.45) is 0 Å². The molecule has 1 aliphatic rings. The van der Waals surface area contributed by atoms with Gasteiger partial charge in [-0.15, -0.1) is 0 Å². The summed E-state index contributed by atoms with van der Waals surface area (Å²) >= 11 is 0. The number of nitrogens with zero attached hydrogens (tertiary/aromatic N) is 1. The number of piperidine rings is 1. The molecule has 0 amide bonds. The van der Waals surface area contributed by atoms with Crippen molar-refractivity contribution in [1.82, 2.24) is 4.90 Å². The van der Waals surface area contributed by atoms with Gasteiger partial charge in [-0.05, 0) is 106 Å². The predicted molar refractivity (Wildman–Crippen MR) is 174 cm³/mol. The molecule has 250 valence electrons. The number of likely N-dealkylation sites (tertiary alicyclic amines) is 1. The van der Waals surface area contributed by atoms with Gasteiger partial charge in [0.15, 0.2) is 0 Å². The minimum atomic E-state index is -5.04. The summed E-state index contributed by atoms with van der Waals surface area (Å²) in [5.74, 6) is -2.49. The normalized spacial score (nSPS) is 13.9. The molecule has 1 saturated heterocycles. The second kappa shape index (κ2) is 15.1. The quantitative estimate of drug-likeness (QED) is 0.0858. The summed E-state index contributed by atoms with van der Waals surface area (Å²) in [7, 11) is 0. The molecule has 10 heteroatoms. The third-order valence-corrected chi connectivity index (χ3v) is 8.42. The van der Waals surface area contributed by atoms with Crippen molar-refractivity contribution in [3.8, 4) is 23.0 Å². The van der Waals surface area contributed by atoms with E-state index in [0.717, 1.165) is 56.1 Å². The van der Waals surface area contributed by atoms with Crippen LogP contribution >= 0.6 is 0 Å². The molecule has 7 nitrogen and oxygen atoms in total. The number of unbranched alkanes of at least 4 members (excludes halogenated alkanes) is 3. The highest BCUT2D eigenvalue weighted by molar-refractivity contribution is 5.92. The molecular formula is C37H40F3NO6. The molecule has 0 radical (unpaired) electrons. The Hall–Kier alpha value is -4.31. The SMILES string of the molecule is CCCCCCOc1ccc(C(=O)Oc2ccc3c(=O)c(Oc4ccc(C)c(C)c4)c(C(F)(F)F)oc3c2CN2CCCCC2)cc1. The van der Waals surface area contributed by atoms with E-state index >= 15 is 0 Å². The molecule has 4 aromatic rings. The van der Waals surface area contributed by atoms with Crippen molar-refractivity contribution < 1.29 is 36.6 Å². The molecule has 0 unspecified atom stereocenters. The molecule has 0 saturated carbocycles. The van der Waals surface area contributed by atoms with Crippen molar-refractivity contribution in [2.45, 2.75) is 78.4 Å². The zero-order valence-corrected chi connectivity index (χ0v) is 27.0. The zero-order chi connectivity index (χ0) is 33.6. The summed E-state index contributed by atoms with van der Waals surface area (Å²) in [5, 5.41) is -0.107. The summed E-state index contributed by atoms with van der Waals surface area (Å²) in [5.41, 5.74) is 0.871. The highest BCUT2D eigenvalue weighted by Crippen LogP contribution is 2.41. The van der Waals surface area contributed by atoms with E-state index in [4.69, 9.17) is 18.6 Å². The number of halogens is 3. The van der Waals surface area contributed by atoms with E-state index in [2.05, 4.69) is 11.8 Å². The van der Waals surface area contributed by atoms with E-state index in [1.54, 1.807) is 43.3 Å². The van der Waals surface area contributed by atoms with Crippen LogP contribution in [0.4, 0.5) is 13.2 Å². The van der Waals surface area contributed by atoms with Gasteiger partial charge in [-0.25, -0.2) is 4.79 Å². The Labute approximate surface area is 272 Å². The van der Waals surface area contributed by atoms with Gasteiger partial charge in [-0.2, -0.15) is 13.2 Å². The number of rotatable bonds is 12. The van der Waals surface area contributed by atoms with Gasteiger partial charge in [0.1, 0.15) is 22.8 Å². The van der Waals surface area contributed by atoms with Crippen molar-refractivity contribution in [1.29, 1.82) is 0 Å². The standard InChI is InChI=1S/C37H40F3NO6/c1-4-5-6-10-21-44-27-15-12-26(13-16-27)36(43)46-31-18-17-29-32(42)34(45-28-14-11-24(2)25(3)22-28)35(37(38,39)40)47-33(29)30(31)23-41-19-8-7-9-20-41/h11-18,22H,4-10,19-21,23H2,1-3H3. The number of aryl methyl sites for hydroxylation is 2. The Kier molecular flexibility index (Phi) is 10.9. The van der Waals surface area contributed by atoms with Gasteiger partial charge in [0, 0.05) is 6.54 Å². The van der Waals surface area contributed by atoms with Gasteiger partial charge < -0.3 is 18.6 Å². The number of ether oxygens (including phenoxy) is 3. The summed E-state index contributed by atoms with van der Waals surface area (Å²) < 4.78 is 66.1. The van der Waals surface area contributed by atoms with Gasteiger partial charge in [0.05, 0.1) is 23.1 Å². The van der Waals surface area contributed by atoms with Crippen LogP contribution in [0.25, 0.3) is 11.0 Å². The third kappa shape index (κ3) is 8.35. The molecule has 3 aromatic carbocycles. The first-order valence-corrected chi connectivity index (χ1v) is 16.2. The Balaban J connectivity index is 1.50. The number of hydrogen-bond acceptors (Lipinski definition) is 7. The Morgan fingerprint density at radius 3 is 2.30 bits per heavy atom. The minimum Gasteiger partial charge on any atom is -0.494 e. The molecular weight excluding hydrogens is 611 g/mol. The average molecular weight is 652 g/mol. The van der Waals surface area contributed by atoms with Crippen molar-refractivity contribution >= 4 is 16.9 Å². The predicted octanol–water partition coefficient (Wildman–Crippen LogP) is 9.39. The summed E-state index contributed by atoms with van der Waals surface area (Å²) in [6.45, 7) is 7.90. The van der Waals surface area contributed by atoms with Crippen LogP contribution < -0.4 is 19.6 Å². The lowest BCUT2D eigenvalue weighted by Crippen LogP contribution is -2.29. The second-order valence-corrected chi connectivity index (χ2v) is 12.0. The fraction of sp³-hybridized carbons (Fsp3) is 0.405. The Bertz CT molecular complexity index is 1760. The molecule has 1 aromatic heterocycles. The highest BCUT2D eigenvalue weighted by Gasteiger charge is 2.41. The van der Waals surface area contributed by atoms with Crippen LogP contribution in [0.1, 0.15) is 84.7 Å². The molecule has 2 heterocycles. The maximum atomic E-state index is 14.5. The molecule has 0 spiro atoms. The first kappa shape index (κ1) is 34.0. The van der Waals surface area contributed by atoms with Crippen LogP contribution in [0.3, 0.4) is 0 Å². The van der Waals surface area contributed by atoms with Crippen LogP contribution in [0.15, 0.2) is 63.8 Å². The molecule has 5 rings (SSSR count). The van der Waals surface area contributed by atoms with Crippen molar-refractivity contribution in [2.75, 3.05) is 19.7 Å². The fourth-order valence-electron chi connectivity index (χ4n) is 5.60. The molecule has 47 heavy (non-hydrogen) atoms. The Morgan fingerprint density at radius 1 is 0.894 bits per heavy atom. The number of esters is 1. The maximum absolute atomic E-state index is 14.5. The first-order valence-electron chi connectivity index (χ1n) is 16.2. The average Bonchev–Trinajstić information content (AvgIpc) is 3.05. The number of benzene rings is 3. The van der Waals surface area contributed by atoms with E-state index < -0.39 is 29.1 Å². The van der Waals surface area contributed by atoms with Gasteiger partial charge in [0.25, 0.3) is 5.76 Å². The maximum Gasteiger partial charge on any atom is 0.453 e.